The Morgan fingerprint density at radius 1 is 0.196 bits per heavy atom. The molecule has 0 saturated carbocycles. The van der Waals surface area contributed by atoms with Crippen LogP contribution in [-0.2, 0) is 0 Å². The lowest BCUT2D eigenvalue weighted by Gasteiger charge is -2.36. The lowest BCUT2D eigenvalue weighted by Crippen LogP contribution is -2.74. The van der Waals surface area contributed by atoms with Crippen LogP contribution in [-0.4, -0.2) is 8.07 Å². The zero-order chi connectivity index (χ0) is 93.5. The number of fused-ring (bicyclic) bond motifs is 7. The van der Waals surface area contributed by atoms with Crippen molar-refractivity contribution < 1.29 is 0 Å². The third-order valence-electron chi connectivity index (χ3n) is 25.1. The van der Waals surface area contributed by atoms with E-state index in [1.165, 1.54) is 107 Å². The number of nitrogens with zero attached hydrogens (tertiary/aromatic N) is 4. The topological polar surface area (TPSA) is 13.0 Å². The summed E-state index contributed by atoms with van der Waals surface area (Å²) in [7, 11) is -2.79. The first-order valence-electron chi connectivity index (χ1n) is 46.0. The first-order valence-corrected chi connectivity index (χ1v) is 52.0. The van der Waals surface area contributed by atoms with Crippen molar-refractivity contribution in [2.45, 2.75) is 0 Å². The quantitative estimate of drug-likeness (QED) is 0.0428. The van der Waals surface area contributed by atoms with Crippen molar-refractivity contribution in [2.24, 2.45) is 0 Å². The van der Waals surface area contributed by atoms with E-state index in [1.54, 1.807) is 0 Å². The lowest BCUT2D eigenvalue weighted by atomic mass is 9.98. The first-order chi connectivity index (χ1) is 68.0. The van der Waals surface area contributed by atoms with Crippen molar-refractivity contribution in [1.29, 1.82) is 0 Å². The molecule has 10 heteroatoms. The molecule has 0 aliphatic carbocycles. The van der Waals surface area contributed by atoms with Gasteiger partial charge in [0.25, 0.3) is 0 Å². The Morgan fingerprint density at radius 2 is 0.529 bits per heavy atom. The second-order valence-corrected chi connectivity index (χ2v) is 42.2. The molecule has 138 heavy (non-hydrogen) atoms. The van der Waals surface area contributed by atoms with Crippen LogP contribution in [0.25, 0.3) is 91.9 Å². The van der Waals surface area contributed by atoms with Gasteiger partial charge < -0.3 is 19.6 Å². The number of para-hydroxylation sites is 2. The van der Waals surface area contributed by atoms with E-state index in [0.29, 0.717) is 0 Å². The van der Waals surface area contributed by atoms with E-state index in [9.17, 15) is 0 Å². The molecule has 0 radical (unpaired) electrons. The number of anilines is 12. The highest BCUT2D eigenvalue weighted by atomic mass is 79.9. The van der Waals surface area contributed by atoms with Crippen LogP contribution in [0.5, 0.6) is 0 Å². The molecule has 22 aromatic carbocycles. The van der Waals surface area contributed by atoms with Gasteiger partial charge in [-0.1, -0.05) is 440 Å². The van der Waals surface area contributed by atoms with Crippen molar-refractivity contribution in [2.75, 3.05) is 19.6 Å². The van der Waals surface area contributed by atoms with E-state index < -0.39 is 8.07 Å². The second kappa shape index (κ2) is 42.5. The van der Waals surface area contributed by atoms with Crippen molar-refractivity contribution in [3.63, 3.8) is 0 Å². The van der Waals surface area contributed by atoms with Crippen LogP contribution < -0.4 is 40.3 Å². The molecule has 1 heterocycles. The molecule has 0 amide bonds. The summed E-state index contributed by atoms with van der Waals surface area (Å²) in [6.07, 6.45) is 1.90. The fourth-order valence-electron chi connectivity index (χ4n) is 18.7. The third-order valence-corrected chi connectivity index (χ3v) is 32.9. The molecule has 662 valence electrons. The van der Waals surface area contributed by atoms with Gasteiger partial charge in [-0.2, -0.15) is 0 Å². The fraction of sp³-hybridized carbons (Fsp3) is 0. The maximum atomic E-state index is 4.03. The van der Waals surface area contributed by atoms with Gasteiger partial charge in [-0.3, -0.25) is 0 Å². The molecule has 23 rings (SSSR count). The van der Waals surface area contributed by atoms with Gasteiger partial charge in [-0.25, -0.2) is 0 Å². The van der Waals surface area contributed by atoms with Gasteiger partial charge in [0.2, 0.25) is 0 Å². The van der Waals surface area contributed by atoms with E-state index in [-0.39, 0.29) is 0 Å². The van der Waals surface area contributed by atoms with Crippen LogP contribution in [0.4, 0.5) is 68.2 Å². The van der Waals surface area contributed by atoms with Crippen molar-refractivity contribution in [3.05, 3.63) is 570 Å². The third kappa shape index (κ3) is 19.9. The largest absolute Gasteiger partial charge is 0.310 e. The normalized spacial score (nSPS) is 11.1. The second-order valence-electron chi connectivity index (χ2n) is 33.6. The molecule has 0 unspecified atom stereocenters. The molecule has 0 aliphatic rings. The molecule has 0 spiro atoms. The zero-order valence-corrected chi connectivity index (χ0v) is 83.5. The number of benzene rings is 22. The standard InChI is InChI=1S/C46H34BrNSi.C30H22BrN.C28H20BrN.C24H16BrNS/c1-2-34-26-28-37(29-27-34)48(46-30-35-16-12-13-23-43(35)44-24-14-15-25-45(44)46)38-31-36(47)32-42(33-38)49(39-17-6-3-7-18-39,40-19-8-4-9-20-40)41-21-10-5-11-22-41;31-27-12-7-13-30(22-27)32(28-18-14-25(15-19-28)23-8-3-1-4-9-23)29-20-16-26(17-21-29)24-10-5-2-6-11-24;29-23-10-7-13-26(20-23)30(24-11-2-1-3-12-24)25-18-16-22(17-19-25)28-15-6-9-21-8-4-5-14-27(21)28;25-17-7-6-10-19(15-17)26(18-8-2-1-3-9-18)20-13-14-24-22(16-20)21-11-4-5-12-23(21)27-24/h2-33H,1H2;1-22H;1-20H;1-16H. The Morgan fingerprint density at radius 3 is 1.01 bits per heavy atom. The fourth-order valence-corrected chi connectivity index (χ4v) is 26.5. The molecule has 0 atom stereocenters. The Hall–Kier alpha value is -15.1. The smallest absolute Gasteiger partial charge is 0.179 e. The Kier molecular flexibility index (Phi) is 27.9. The lowest BCUT2D eigenvalue weighted by molar-refractivity contribution is 1.28. The minimum absolute atomic E-state index is 1.04. The summed E-state index contributed by atoms with van der Waals surface area (Å²) in [5.41, 5.74) is 21.9. The Balaban J connectivity index is 0.000000117. The number of halogens is 4. The van der Waals surface area contributed by atoms with Gasteiger partial charge in [-0.15, -0.1) is 11.3 Å². The summed E-state index contributed by atoms with van der Waals surface area (Å²) in [5.74, 6) is 0. The van der Waals surface area contributed by atoms with Crippen LogP contribution in [0.1, 0.15) is 5.56 Å². The highest BCUT2D eigenvalue weighted by molar-refractivity contribution is 9.11. The molecule has 0 fully saturated rings. The Labute approximate surface area is 845 Å². The van der Waals surface area contributed by atoms with E-state index in [0.717, 1.165) is 91.7 Å². The van der Waals surface area contributed by atoms with Crippen molar-refractivity contribution in [1.82, 2.24) is 0 Å². The Bertz CT molecular complexity index is 7940. The molecular formula is C128H92Br4N4SSi. The zero-order valence-electron chi connectivity index (χ0n) is 75.4. The SMILES string of the molecule is Brc1cccc(N(c2ccc(-c3ccccc3)cc2)c2ccc(-c3ccccc3)cc2)c1.Brc1cccc(N(c2ccccc2)c2ccc(-c3cccc4ccccc34)cc2)c1.Brc1cccc(N(c2ccccc2)c2ccc3sc4ccccc4c3c2)c1.C=Cc1ccc(N(c2cc(Br)cc([Si](c3ccccc3)(c3ccccc3)c3ccccc3)c2)c2cc3ccccc3c3ccccc23)cc1. The summed E-state index contributed by atoms with van der Waals surface area (Å²) in [5, 5.41) is 15.4. The van der Waals surface area contributed by atoms with Gasteiger partial charge in [-0.05, 0) is 263 Å². The molecule has 0 bridgehead atoms. The van der Waals surface area contributed by atoms with E-state index in [1.807, 2.05) is 35.6 Å². The van der Waals surface area contributed by atoms with Gasteiger partial charge in [0.1, 0.15) is 0 Å². The molecule has 4 nitrogen and oxygen atoms in total. The van der Waals surface area contributed by atoms with Gasteiger partial charge >= 0.3 is 0 Å². The molecule has 0 saturated heterocycles. The number of hydrogen-bond donors (Lipinski definition) is 0. The minimum Gasteiger partial charge on any atom is -0.310 e. The average molecular weight is 2070 g/mol. The van der Waals surface area contributed by atoms with Crippen LogP contribution in [0.15, 0.2) is 564 Å². The summed E-state index contributed by atoms with van der Waals surface area (Å²) >= 11 is 16.7. The van der Waals surface area contributed by atoms with Crippen LogP contribution in [0.3, 0.4) is 0 Å². The summed E-state index contributed by atoms with van der Waals surface area (Å²) in [6.45, 7) is 4.02. The average Bonchev–Trinajstić information content (AvgIpc) is 0.931. The number of rotatable bonds is 20. The predicted octanol–water partition coefficient (Wildman–Crippen LogP) is 36.5. The number of thiophene rings is 1. The highest BCUT2D eigenvalue weighted by Gasteiger charge is 2.42. The van der Waals surface area contributed by atoms with Crippen LogP contribution in [0, 0.1) is 0 Å². The maximum absolute atomic E-state index is 4.03. The molecule has 0 aliphatic heterocycles. The molecular weight excluding hydrogens is 1970 g/mol. The van der Waals surface area contributed by atoms with Gasteiger partial charge in [0.15, 0.2) is 8.07 Å². The summed E-state index contributed by atoms with van der Waals surface area (Å²) < 4.78 is 6.89. The van der Waals surface area contributed by atoms with Crippen LogP contribution >= 0.6 is 75.1 Å². The molecule has 0 N–H and O–H groups in total. The summed E-state index contributed by atoms with van der Waals surface area (Å²) in [6, 6.07) is 193. The molecule has 23 aromatic rings. The maximum Gasteiger partial charge on any atom is 0.179 e. The van der Waals surface area contributed by atoms with Crippen LogP contribution in [0.2, 0.25) is 0 Å². The number of hydrogen-bond acceptors (Lipinski definition) is 5. The summed E-state index contributed by atoms with van der Waals surface area (Å²) in [4.78, 5) is 9.29. The first kappa shape index (κ1) is 90.7. The minimum atomic E-state index is -2.79. The van der Waals surface area contributed by atoms with Gasteiger partial charge in [0, 0.05) is 106 Å². The van der Waals surface area contributed by atoms with E-state index in [4.69, 9.17) is 0 Å². The van der Waals surface area contributed by atoms with E-state index in [2.05, 4.69) is 612 Å². The van der Waals surface area contributed by atoms with Gasteiger partial charge in [0.05, 0.1) is 5.69 Å². The monoisotopic (exact) mass is 2060 g/mol. The van der Waals surface area contributed by atoms with Crippen molar-refractivity contribution in [3.8, 4) is 33.4 Å². The van der Waals surface area contributed by atoms with E-state index >= 15 is 0 Å². The predicted molar refractivity (Wildman–Crippen MR) is 611 cm³/mol. The molecule has 1 aromatic heterocycles. The van der Waals surface area contributed by atoms with Crippen molar-refractivity contribution >= 4 is 231 Å². The highest BCUT2D eigenvalue weighted by Crippen LogP contribution is 2.47.